The molecule has 2 aromatic rings. The molecular formula is C25H37NOS2. The molecule has 0 aliphatic carbocycles. The fourth-order valence-electron chi connectivity index (χ4n) is 3.16. The monoisotopic (exact) mass is 431 g/mol. The van der Waals surface area contributed by atoms with E-state index in [2.05, 4.69) is 72.5 Å². The van der Waals surface area contributed by atoms with Crippen LogP contribution in [0.3, 0.4) is 0 Å². The summed E-state index contributed by atoms with van der Waals surface area (Å²) in [6.45, 7) is 17.8. The Balaban J connectivity index is 2.53. The van der Waals surface area contributed by atoms with Crippen molar-refractivity contribution in [3.05, 3.63) is 53.2 Å². The van der Waals surface area contributed by atoms with Gasteiger partial charge in [-0.2, -0.15) is 0 Å². The summed E-state index contributed by atoms with van der Waals surface area (Å²) in [6, 6.07) is 10.7. The largest absolute Gasteiger partial charge is 0.391 e. The molecule has 1 aromatic carbocycles. The van der Waals surface area contributed by atoms with Gasteiger partial charge < -0.3 is 5.11 Å². The number of hydrogen-bond donors (Lipinski definition) is 1. The lowest BCUT2D eigenvalue weighted by Crippen LogP contribution is -2.26. The first-order chi connectivity index (χ1) is 13.6. The molecule has 0 radical (unpaired) electrons. The van der Waals surface area contributed by atoms with E-state index in [9.17, 15) is 5.11 Å². The smallest absolute Gasteiger partial charge is 0.0971 e. The van der Waals surface area contributed by atoms with Crippen molar-refractivity contribution >= 4 is 23.5 Å². The molecule has 0 unspecified atom stereocenters. The molecule has 0 spiro atoms. The van der Waals surface area contributed by atoms with E-state index in [4.69, 9.17) is 0 Å². The molecule has 0 fully saturated rings. The third-order valence-electron chi connectivity index (χ3n) is 5.15. The summed E-state index contributed by atoms with van der Waals surface area (Å²) in [5, 5.41) is 12.0. The van der Waals surface area contributed by atoms with Gasteiger partial charge in [0, 0.05) is 11.1 Å². The molecule has 160 valence electrons. The van der Waals surface area contributed by atoms with Crippen molar-refractivity contribution in [1.82, 2.24) is 4.98 Å². The Morgan fingerprint density at radius 2 is 1.38 bits per heavy atom. The maximum Gasteiger partial charge on any atom is 0.0971 e. The molecular weight excluding hydrogens is 394 g/mol. The van der Waals surface area contributed by atoms with Gasteiger partial charge in [0.05, 0.1) is 15.7 Å². The van der Waals surface area contributed by atoms with E-state index in [0.717, 1.165) is 5.03 Å². The molecule has 0 aliphatic rings. The van der Waals surface area contributed by atoms with Gasteiger partial charge in [-0.05, 0) is 52.5 Å². The topological polar surface area (TPSA) is 33.1 Å². The van der Waals surface area contributed by atoms with E-state index < -0.39 is 6.10 Å². The molecule has 0 bridgehead atoms. The summed E-state index contributed by atoms with van der Waals surface area (Å²) in [5.41, 5.74) is 4.19. The lowest BCUT2D eigenvalue weighted by atomic mass is 9.89. The van der Waals surface area contributed by atoms with Crippen molar-refractivity contribution in [2.24, 2.45) is 5.92 Å². The minimum Gasteiger partial charge on any atom is -0.391 e. The Morgan fingerprint density at radius 1 is 0.793 bits per heavy atom. The minimum absolute atomic E-state index is 0.00944. The van der Waals surface area contributed by atoms with Crippen LogP contribution in [-0.2, 0) is 0 Å². The van der Waals surface area contributed by atoms with Crippen LogP contribution in [0, 0.1) is 5.92 Å². The van der Waals surface area contributed by atoms with Crippen LogP contribution >= 0.6 is 23.5 Å². The summed E-state index contributed by atoms with van der Waals surface area (Å²) in [4.78, 5) is 5.83. The maximum absolute atomic E-state index is 11.0. The third-order valence-corrected chi connectivity index (χ3v) is 7.94. The van der Waals surface area contributed by atoms with Gasteiger partial charge in [-0.25, -0.2) is 4.98 Å². The molecule has 1 N–H and O–H groups in total. The maximum atomic E-state index is 11.0. The van der Waals surface area contributed by atoms with E-state index in [1.165, 1.54) is 21.6 Å². The SMILES string of the molecule is CC(C)c1cc(C(C)C)c(S[C@@H](Sc2ccccn2)[C@@H](O)C(C)C)c(C(C)C)c1. The normalized spacial score (nSPS) is 14.2. The van der Waals surface area contributed by atoms with Gasteiger partial charge in [0.25, 0.3) is 0 Å². The highest BCUT2D eigenvalue weighted by atomic mass is 32.2. The highest BCUT2D eigenvalue weighted by Gasteiger charge is 2.28. The number of nitrogens with zero attached hydrogens (tertiary/aromatic N) is 1. The number of aliphatic hydroxyl groups excluding tert-OH is 1. The molecule has 29 heavy (non-hydrogen) atoms. The average Bonchev–Trinajstić information content (AvgIpc) is 2.66. The average molecular weight is 432 g/mol. The highest BCUT2D eigenvalue weighted by molar-refractivity contribution is 8.17. The molecule has 2 rings (SSSR count). The molecule has 1 aromatic heterocycles. The number of aliphatic hydroxyl groups is 1. The van der Waals surface area contributed by atoms with Crippen LogP contribution in [0.4, 0.5) is 0 Å². The molecule has 1 heterocycles. The van der Waals surface area contributed by atoms with Gasteiger partial charge >= 0.3 is 0 Å². The summed E-state index contributed by atoms with van der Waals surface area (Å²) < 4.78 is -0.00944. The number of pyridine rings is 1. The lowest BCUT2D eigenvalue weighted by molar-refractivity contribution is 0.142. The van der Waals surface area contributed by atoms with Crippen molar-refractivity contribution in [3.8, 4) is 0 Å². The summed E-state index contributed by atoms with van der Waals surface area (Å²) in [5.74, 6) is 1.56. The number of benzene rings is 1. The second kappa shape index (κ2) is 10.9. The quantitative estimate of drug-likeness (QED) is 0.326. The predicted octanol–water partition coefficient (Wildman–Crippen LogP) is 7.68. The van der Waals surface area contributed by atoms with Crippen LogP contribution in [0.5, 0.6) is 0 Å². The predicted molar refractivity (Wildman–Crippen MR) is 129 cm³/mol. The van der Waals surface area contributed by atoms with Crippen molar-refractivity contribution in [2.75, 3.05) is 0 Å². The van der Waals surface area contributed by atoms with E-state index in [1.54, 1.807) is 11.8 Å². The molecule has 2 atom stereocenters. The Kier molecular flexibility index (Phi) is 9.12. The number of aromatic nitrogens is 1. The zero-order valence-electron chi connectivity index (χ0n) is 19.1. The number of hydrogen-bond acceptors (Lipinski definition) is 4. The molecule has 2 nitrogen and oxygen atoms in total. The first kappa shape index (κ1) is 24.3. The van der Waals surface area contributed by atoms with Crippen LogP contribution in [0.25, 0.3) is 0 Å². The zero-order chi connectivity index (χ0) is 21.7. The molecule has 0 aliphatic heterocycles. The first-order valence-electron chi connectivity index (χ1n) is 10.7. The Bertz CT molecular complexity index is 743. The van der Waals surface area contributed by atoms with Crippen molar-refractivity contribution in [1.29, 1.82) is 0 Å². The highest BCUT2D eigenvalue weighted by Crippen LogP contribution is 2.45. The van der Waals surface area contributed by atoms with Crippen LogP contribution in [0.1, 0.15) is 89.8 Å². The molecule has 4 heteroatoms. The zero-order valence-corrected chi connectivity index (χ0v) is 20.8. The van der Waals surface area contributed by atoms with E-state index >= 15 is 0 Å². The fraction of sp³-hybridized carbons (Fsp3) is 0.560. The van der Waals surface area contributed by atoms with E-state index in [-0.39, 0.29) is 10.5 Å². The standard InChI is InChI=1S/C25H37NOS2/c1-15(2)19-13-20(16(3)4)24(21(14-19)17(5)6)29-25(23(27)18(7)8)28-22-11-9-10-12-26-22/h9-18,23,25,27H,1-8H3/t23-,25+/m0/s1. The summed E-state index contributed by atoms with van der Waals surface area (Å²) >= 11 is 3.50. The first-order valence-corrected chi connectivity index (χ1v) is 12.5. The van der Waals surface area contributed by atoms with Gasteiger partial charge in [0.1, 0.15) is 0 Å². The van der Waals surface area contributed by atoms with Crippen molar-refractivity contribution in [3.63, 3.8) is 0 Å². The van der Waals surface area contributed by atoms with Gasteiger partial charge in [0.15, 0.2) is 0 Å². The Morgan fingerprint density at radius 3 is 1.79 bits per heavy atom. The van der Waals surface area contributed by atoms with Gasteiger partial charge in [0.2, 0.25) is 0 Å². The second-order valence-electron chi connectivity index (χ2n) is 9.00. The van der Waals surface area contributed by atoms with Gasteiger partial charge in [-0.15, -0.1) is 11.8 Å². The third kappa shape index (κ3) is 6.50. The Hall–Kier alpha value is -0.970. The van der Waals surface area contributed by atoms with E-state index in [0.29, 0.717) is 17.8 Å². The number of rotatable bonds is 9. The minimum atomic E-state index is -0.420. The lowest BCUT2D eigenvalue weighted by Gasteiger charge is -2.29. The second-order valence-corrected chi connectivity index (χ2v) is 11.6. The van der Waals surface area contributed by atoms with Crippen LogP contribution in [0.15, 0.2) is 46.5 Å². The van der Waals surface area contributed by atoms with Crippen LogP contribution in [-0.4, -0.2) is 20.8 Å². The fourth-order valence-corrected chi connectivity index (χ4v) is 6.45. The van der Waals surface area contributed by atoms with Gasteiger partial charge in [-0.1, -0.05) is 85.4 Å². The van der Waals surface area contributed by atoms with E-state index in [1.807, 2.05) is 36.2 Å². The molecule has 0 amide bonds. The van der Waals surface area contributed by atoms with Crippen molar-refractivity contribution in [2.45, 2.75) is 93.8 Å². The summed E-state index contributed by atoms with van der Waals surface area (Å²) in [7, 11) is 0. The summed E-state index contributed by atoms with van der Waals surface area (Å²) in [6.07, 6.45) is 1.40. The van der Waals surface area contributed by atoms with Gasteiger partial charge in [-0.3, -0.25) is 0 Å². The van der Waals surface area contributed by atoms with Crippen LogP contribution in [0.2, 0.25) is 0 Å². The Labute approximate surface area is 186 Å². The number of thioether (sulfide) groups is 2. The van der Waals surface area contributed by atoms with Crippen LogP contribution < -0.4 is 0 Å². The van der Waals surface area contributed by atoms with Crippen molar-refractivity contribution < 1.29 is 5.11 Å². The molecule has 0 saturated carbocycles. The molecule has 0 saturated heterocycles.